The number of amides is 3. The van der Waals surface area contributed by atoms with Crippen LogP contribution in [0.15, 0.2) is 36.5 Å². The van der Waals surface area contributed by atoms with Crippen LogP contribution in [0.2, 0.25) is 0 Å². The van der Waals surface area contributed by atoms with E-state index in [1.807, 2.05) is 24.3 Å². The van der Waals surface area contributed by atoms with E-state index in [2.05, 4.69) is 20.6 Å². The Hall–Kier alpha value is -4.35. The van der Waals surface area contributed by atoms with Crippen molar-refractivity contribution in [3.63, 3.8) is 0 Å². The average molecular weight is 510 g/mol. The number of aryl methyl sites for hydroxylation is 1. The molecular weight excluding hydrogens is 478 g/mol. The van der Waals surface area contributed by atoms with Crippen LogP contribution in [-0.4, -0.2) is 87.6 Å². The summed E-state index contributed by atoms with van der Waals surface area (Å²) in [5.74, 6) is 0.252. The average Bonchev–Trinajstić information content (AvgIpc) is 3.55. The van der Waals surface area contributed by atoms with Crippen LogP contribution in [0, 0.1) is 6.92 Å². The van der Waals surface area contributed by atoms with Crippen LogP contribution in [0.4, 0.5) is 10.5 Å². The van der Waals surface area contributed by atoms with Gasteiger partial charge in [0.2, 0.25) is 5.91 Å². The van der Waals surface area contributed by atoms with Crippen molar-refractivity contribution in [2.24, 2.45) is 0 Å². The van der Waals surface area contributed by atoms with Crippen molar-refractivity contribution in [3.05, 3.63) is 47.9 Å². The number of methoxy groups -OCH3 is 1. The first-order chi connectivity index (χ1) is 17.8. The predicted octanol–water partition coefficient (Wildman–Crippen LogP) is 2.70. The molecule has 0 aliphatic carbocycles. The molecule has 196 valence electrons. The Labute approximate surface area is 214 Å². The number of rotatable bonds is 7. The van der Waals surface area contributed by atoms with E-state index in [-0.39, 0.29) is 17.9 Å². The Morgan fingerprint density at radius 3 is 2.43 bits per heavy atom. The monoisotopic (exact) mass is 509 g/mol. The van der Waals surface area contributed by atoms with Gasteiger partial charge in [0.05, 0.1) is 30.8 Å². The Balaban J connectivity index is 1.37. The van der Waals surface area contributed by atoms with E-state index in [9.17, 15) is 14.4 Å². The molecule has 0 bridgehead atoms. The molecule has 0 radical (unpaired) electrons. The fourth-order valence-corrected chi connectivity index (χ4v) is 4.04. The second-order valence-corrected chi connectivity index (χ2v) is 8.64. The summed E-state index contributed by atoms with van der Waals surface area (Å²) >= 11 is 0. The summed E-state index contributed by atoms with van der Waals surface area (Å²) < 4.78 is 11.7. The van der Waals surface area contributed by atoms with Gasteiger partial charge in [-0.3, -0.25) is 19.4 Å². The molecule has 2 N–H and O–H groups in total. The van der Waals surface area contributed by atoms with Crippen LogP contribution >= 0.6 is 0 Å². The lowest BCUT2D eigenvalue weighted by atomic mass is 10.1. The van der Waals surface area contributed by atoms with Crippen molar-refractivity contribution in [2.75, 3.05) is 45.2 Å². The normalized spacial score (nSPS) is 14.3. The first-order valence-electron chi connectivity index (χ1n) is 12.1. The van der Waals surface area contributed by atoms with E-state index >= 15 is 0 Å². The standard InChI is InChI=1S/C25H31N7O5/c1-5-37-25(35)31-12-10-30(11-13-31)24(34)17(3)32-15-22(16(2)29-32)26-23(33)21-14-20(27-28-21)18-6-8-19(36-4)9-7-18/h6-9,14-15,17H,5,10-13H2,1-4H3,(H,26,33)(H,27,28). The number of nitrogens with zero attached hydrogens (tertiary/aromatic N) is 5. The number of benzene rings is 1. The minimum absolute atomic E-state index is 0.110. The van der Waals surface area contributed by atoms with Gasteiger partial charge in [0.25, 0.3) is 5.91 Å². The predicted molar refractivity (Wildman–Crippen MR) is 135 cm³/mol. The number of anilines is 1. The number of carbonyl (C=O) groups excluding carboxylic acids is 3. The molecule has 1 aliphatic heterocycles. The second-order valence-electron chi connectivity index (χ2n) is 8.64. The third-order valence-electron chi connectivity index (χ3n) is 6.24. The lowest BCUT2D eigenvalue weighted by Gasteiger charge is -2.35. The third kappa shape index (κ3) is 5.74. The summed E-state index contributed by atoms with van der Waals surface area (Å²) in [5.41, 5.74) is 2.84. The van der Waals surface area contributed by atoms with Crippen LogP contribution < -0.4 is 10.1 Å². The van der Waals surface area contributed by atoms with Gasteiger partial charge in [0, 0.05) is 37.9 Å². The van der Waals surface area contributed by atoms with Gasteiger partial charge in [-0.25, -0.2) is 4.79 Å². The molecule has 2 aromatic heterocycles. The number of hydrogen-bond acceptors (Lipinski definition) is 7. The number of hydrogen-bond donors (Lipinski definition) is 2. The highest BCUT2D eigenvalue weighted by atomic mass is 16.6. The van der Waals surface area contributed by atoms with E-state index in [4.69, 9.17) is 9.47 Å². The van der Waals surface area contributed by atoms with E-state index < -0.39 is 6.04 Å². The first-order valence-corrected chi connectivity index (χ1v) is 12.1. The van der Waals surface area contributed by atoms with Crippen LogP contribution in [0.5, 0.6) is 5.75 Å². The number of ether oxygens (including phenoxy) is 2. The number of aromatic nitrogens is 4. The van der Waals surface area contributed by atoms with E-state index in [1.54, 1.807) is 54.6 Å². The molecule has 1 aromatic carbocycles. The smallest absolute Gasteiger partial charge is 0.409 e. The highest BCUT2D eigenvalue weighted by molar-refractivity contribution is 6.03. The van der Waals surface area contributed by atoms with Gasteiger partial charge in [-0.05, 0) is 51.1 Å². The fraction of sp³-hybridized carbons (Fsp3) is 0.400. The summed E-state index contributed by atoms with van der Waals surface area (Å²) in [5, 5.41) is 14.3. The Morgan fingerprint density at radius 1 is 1.11 bits per heavy atom. The maximum Gasteiger partial charge on any atom is 0.409 e. The highest BCUT2D eigenvalue weighted by Gasteiger charge is 2.29. The van der Waals surface area contributed by atoms with Crippen molar-refractivity contribution in [3.8, 4) is 17.0 Å². The molecule has 1 saturated heterocycles. The molecule has 12 heteroatoms. The first kappa shape index (κ1) is 25.7. The van der Waals surface area contributed by atoms with Gasteiger partial charge < -0.3 is 24.6 Å². The second kappa shape index (κ2) is 11.1. The van der Waals surface area contributed by atoms with Gasteiger partial charge >= 0.3 is 6.09 Å². The Kier molecular flexibility index (Phi) is 7.75. The molecule has 3 heterocycles. The zero-order valence-corrected chi connectivity index (χ0v) is 21.4. The van der Waals surface area contributed by atoms with Crippen molar-refractivity contribution < 1.29 is 23.9 Å². The zero-order valence-electron chi connectivity index (χ0n) is 21.4. The van der Waals surface area contributed by atoms with Crippen LogP contribution in [0.25, 0.3) is 11.3 Å². The molecule has 1 atom stereocenters. The summed E-state index contributed by atoms with van der Waals surface area (Å²) in [4.78, 5) is 41.1. The minimum atomic E-state index is -0.577. The zero-order chi connectivity index (χ0) is 26.5. The van der Waals surface area contributed by atoms with Crippen molar-refractivity contribution in [2.45, 2.75) is 26.8 Å². The van der Waals surface area contributed by atoms with Gasteiger partial charge in [0.15, 0.2) is 0 Å². The molecular formula is C25H31N7O5. The maximum absolute atomic E-state index is 13.1. The van der Waals surface area contributed by atoms with Gasteiger partial charge in [-0.1, -0.05) is 0 Å². The summed E-state index contributed by atoms with van der Waals surface area (Å²) in [6.45, 7) is 7.27. The molecule has 1 unspecified atom stereocenters. The largest absolute Gasteiger partial charge is 0.497 e. The number of carbonyl (C=O) groups is 3. The third-order valence-corrected chi connectivity index (χ3v) is 6.24. The molecule has 37 heavy (non-hydrogen) atoms. The van der Waals surface area contributed by atoms with Crippen LogP contribution in [-0.2, 0) is 9.53 Å². The lowest BCUT2D eigenvalue weighted by Crippen LogP contribution is -2.52. The SMILES string of the molecule is CCOC(=O)N1CCN(C(=O)C(C)n2cc(NC(=O)c3cc(-c4ccc(OC)cc4)n[nH]3)c(C)n2)CC1. The molecule has 3 amide bonds. The van der Waals surface area contributed by atoms with Crippen molar-refractivity contribution in [1.82, 2.24) is 29.8 Å². The molecule has 3 aromatic rings. The summed E-state index contributed by atoms with van der Waals surface area (Å²) in [6.07, 6.45) is 1.28. The number of aromatic amines is 1. The fourth-order valence-electron chi connectivity index (χ4n) is 4.04. The molecule has 12 nitrogen and oxygen atoms in total. The highest BCUT2D eigenvalue weighted by Crippen LogP contribution is 2.23. The van der Waals surface area contributed by atoms with E-state index in [1.165, 1.54) is 0 Å². The topological polar surface area (TPSA) is 135 Å². The molecule has 1 aliphatic rings. The van der Waals surface area contributed by atoms with Gasteiger partial charge in [-0.15, -0.1) is 0 Å². The summed E-state index contributed by atoms with van der Waals surface area (Å²) in [7, 11) is 1.60. The van der Waals surface area contributed by atoms with E-state index in [0.29, 0.717) is 55.6 Å². The van der Waals surface area contributed by atoms with Crippen LogP contribution in [0.3, 0.4) is 0 Å². The number of H-pyrrole nitrogens is 1. The Morgan fingerprint density at radius 2 is 1.78 bits per heavy atom. The number of nitrogens with one attached hydrogen (secondary N) is 2. The molecule has 4 rings (SSSR count). The molecule has 0 spiro atoms. The quantitative estimate of drug-likeness (QED) is 0.500. The van der Waals surface area contributed by atoms with Crippen LogP contribution in [0.1, 0.15) is 36.1 Å². The maximum atomic E-state index is 13.1. The van der Waals surface area contributed by atoms with Gasteiger partial charge in [-0.2, -0.15) is 10.2 Å². The van der Waals surface area contributed by atoms with Gasteiger partial charge in [0.1, 0.15) is 17.5 Å². The van der Waals surface area contributed by atoms with Crippen molar-refractivity contribution >= 4 is 23.6 Å². The number of piperazine rings is 1. The summed E-state index contributed by atoms with van der Waals surface area (Å²) in [6, 6.07) is 8.46. The van der Waals surface area contributed by atoms with E-state index in [0.717, 1.165) is 11.3 Å². The molecule has 0 saturated carbocycles. The molecule has 1 fully saturated rings. The van der Waals surface area contributed by atoms with Crippen molar-refractivity contribution in [1.29, 1.82) is 0 Å². The minimum Gasteiger partial charge on any atom is -0.497 e. The lowest BCUT2D eigenvalue weighted by molar-refractivity contribution is -0.136. The Bertz CT molecular complexity index is 1260.